The number of halogens is 1. The Labute approximate surface area is 123 Å². The predicted octanol–water partition coefficient (Wildman–Crippen LogP) is 5.03. The van der Waals surface area contributed by atoms with Crippen molar-refractivity contribution >= 4 is 22.9 Å². The number of rotatable bonds is 5. The number of hydrogen-bond acceptors (Lipinski definition) is 3. The standard InChI is InChI=1S/C15H18ClNOS/c1-4-13(15-17-12(8-16)9-19-15)18-14-6-5-10(2)7-11(14)3/h5-7,9,13H,4,8H2,1-3H3. The molecule has 0 fully saturated rings. The molecule has 2 nitrogen and oxygen atoms in total. The van der Waals surface area contributed by atoms with E-state index in [1.807, 2.05) is 11.4 Å². The molecule has 2 rings (SSSR count). The molecule has 0 saturated carbocycles. The second-order valence-corrected chi connectivity index (χ2v) is 5.75. The van der Waals surface area contributed by atoms with E-state index in [2.05, 4.69) is 37.9 Å². The molecule has 0 spiro atoms. The molecule has 0 aliphatic carbocycles. The minimum absolute atomic E-state index is 0.00312. The van der Waals surface area contributed by atoms with Crippen molar-refractivity contribution in [3.63, 3.8) is 0 Å². The topological polar surface area (TPSA) is 22.1 Å². The van der Waals surface area contributed by atoms with Crippen LogP contribution in [0.5, 0.6) is 5.75 Å². The summed E-state index contributed by atoms with van der Waals surface area (Å²) >= 11 is 7.41. The van der Waals surface area contributed by atoms with Crippen LogP contribution in [0, 0.1) is 13.8 Å². The fraction of sp³-hybridized carbons (Fsp3) is 0.400. The lowest BCUT2D eigenvalue weighted by Gasteiger charge is -2.17. The molecular weight excluding hydrogens is 278 g/mol. The fourth-order valence-corrected chi connectivity index (χ4v) is 3.08. The zero-order chi connectivity index (χ0) is 13.8. The molecule has 1 heterocycles. The van der Waals surface area contributed by atoms with Gasteiger partial charge in [0.15, 0.2) is 0 Å². The van der Waals surface area contributed by atoms with Gasteiger partial charge in [-0.1, -0.05) is 24.6 Å². The van der Waals surface area contributed by atoms with Crippen molar-refractivity contribution in [2.24, 2.45) is 0 Å². The van der Waals surface area contributed by atoms with Crippen molar-refractivity contribution < 1.29 is 4.74 Å². The van der Waals surface area contributed by atoms with Gasteiger partial charge in [0.2, 0.25) is 0 Å². The second-order valence-electron chi connectivity index (χ2n) is 4.59. The molecule has 2 aromatic rings. The molecule has 0 amide bonds. The monoisotopic (exact) mass is 295 g/mol. The molecule has 19 heavy (non-hydrogen) atoms. The van der Waals surface area contributed by atoms with E-state index in [1.165, 1.54) is 5.56 Å². The predicted molar refractivity (Wildman–Crippen MR) is 81.2 cm³/mol. The van der Waals surface area contributed by atoms with Gasteiger partial charge in [-0.05, 0) is 31.9 Å². The maximum Gasteiger partial charge on any atom is 0.150 e. The molecule has 0 bridgehead atoms. The van der Waals surface area contributed by atoms with Crippen LogP contribution in [0.2, 0.25) is 0 Å². The van der Waals surface area contributed by atoms with Gasteiger partial charge in [0.25, 0.3) is 0 Å². The molecule has 1 atom stereocenters. The zero-order valence-corrected chi connectivity index (χ0v) is 13.0. The second kappa shape index (κ2) is 6.40. The fourth-order valence-electron chi connectivity index (χ4n) is 1.93. The van der Waals surface area contributed by atoms with Crippen molar-refractivity contribution in [3.05, 3.63) is 45.4 Å². The molecule has 0 aliphatic heterocycles. The summed E-state index contributed by atoms with van der Waals surface area (Å²) in [6, 6.07) is 6.23. The van der Waals surface area contributed by atoms with E-state index in [1.54, 1.807) is 11.3 Å². The number of aryl methyl sites for hydroxylation is 2. The van der Waals surface area contributed by atoms with Crippen LogP contribution in [0.25, 0.3) is 0 Å². The first-order chi connectivity index (χ1) is 9.13. The van der Waals surface area contributed by atoms with Crippen molar-refractivity contribution in [2.45, 2.75) is 39.2 Å². The van der Waals surface area contributed by atoms with E-state index in [4.69, 9.17) is 16.3 Å². The highest BCUT2D eigenvalue weighted by molar-refractivity contribution is 7.09. The number of thiazole rings is 1. The summed E-state index contributed by atoms with van der Waals surface area (Å²) in [5.74, 6) is 1.39. The van der Waals surface area contributed by atoms with Gasteiger partial charge in [-0.25, -0.2) is 4.98 Å². The maximum absolute atomic E-state index is 6.10. The van der Waals surface area contributed by atoms with Crippen LogP contribution in [0.1, 0.15) is 41.3 Å². The Morgan fingerprint density at radius 1 is 1.37 bits per heavy atom. The first kappa shape index (κ1) is 14.4. The van der Waals surface area contributed by atoms with E-state index in [9.17, 15) is 0 Å². The van der Waals surface area contributed by atoms with Crippen molar-refractivity contribution in [2.75, 3.05) is 0 Å². The molecule has 0 N–H and O–H groups in total. The van der Waals surface area contributed by atoms with Gasteiger partial charge < -0.3 is 4.74 Å². The van der Waals surface area contributed by atoms with Gasteiger partial charge in [0.05, 0.1) is 11.6 Å². The normalized spacial score (nSPS) is 12.4. The Balaban J connectivity index is 2.18. The zero-order valence-electron chi connectivity index (χ0n) is 11.4. The van der Waals surface area contributed by atoms with Crippen LogP contribution in [0.4, 0.5) is 0 Å². The molecule has 0 saturated heterocycles. The third-order valence-corrected chi connectivity index (χ3v) is 4.21. The Morgan fingerprint density at radius 3 is 2.74 bits per heavy atom. The van der Waals surface area contributed by atoms with E-state index in [0.717, 1.165) is 28.4 Å². The number of ether oxygens (including phenoxy) is 1. The van der Waals surface area contributed by atoms with Gasteiger partial charge in [-0.15, -0.1) is 22.9 Å². The molecule has 0 aliphatic rings. The average molecular weight is 296 g/mol. The third kappa shape index (κ3) is 3.48. The van der Waals surface area contributed by atoms with Crippen molar-refractivity contribution in [3.8, 4) is 5.75 Å². The van der Waals surface area contributed by atoms with Gasteiger partial charge in [-0.2, -0.15) is 0 Å². The number of nitrogens with zero attached hydrogens (tertiary/aromatic N) is 1. The van der Waals surface area contributed by atoms with E-state index < -0.39 is 0 Å². The van der Waals surface area contributed by atoms with Gasteiger partial charge in [0, 0.05) is 5.38 Å². The van der Waals surface area contributed by atoms with Gasteiger partial charge >= 0.3 is 0 Å². The summed E-state index contributed by atoms with van der Waals surface area (Å²) in [6.07, 6.45) is 0.895. The number of hydrogen-bond donors (Lipinski definition) is 0. The lowest BCUT2D eigenvalue weighted by Crippen LogP contribution is -2.07. The minimum Gasteiger partial charge on any atom is -0.483 e. The number of aromatic nitrogens is 1. The van der Waals surface area contributed by atoms with Crippen molar-refractivity contribution in [1.29, 1.82) is 0 Å². The molecule has 4 heteroatoms. The molecule has 1 aromatic carbocycles. The Bertz CT molecular complexity index is 553. The van der Waals surface area contributed by atoms with Gasteiger partial charge in [0.1, 0.15) is 16.9 Å². The summed E-state index contributed by atoms with van der Waals surface area (Å²) < 4.78 is 6.10. The summed E-state index contributed by atoms with van der Waals surface area (Å²) in [6.45, 7) is 6.26. The largest absolute Gasteiger partial charge is 0.483 e. The Hall–Kier alpha value is -1.06. The molecular formula is C15H18ClNOS. The molecule has 1 aromatic heterocycles. The lowest BCUT2D eigenvalue weighted by molar-refractivity contribution is 0.199. The SMILES string of the molecule is CCC(Oc1ccc(C)cc1C)c1nc(CCl)cs1. The summed E-state index contributed by atoms with van der Waals surface area (Å²) in [4.78, 5) is 4.50. The summed E-state index contributed by atoms with van der Waals surface area (Å²) in [5, 5.41) is 2.99. The number of alkyl halides is 1. The van der Waals surface area contributed by atoms with Crippen LogP contribution < -0.4 is 4.74 Å². The highest BCUT2D eigenvalue weighted by Gasteiger charge is 2.16. The third-order valence-electron chi connectivity index (χ3n) is 2.95. The van der Waals surface area contributed by atoms with E-state index in [-0.39, 0.29) is 6.10 Å². The molecule has 0 radical (unpaired) electrons. The Kier molecular flexibility index (Phi) is 4.83. The Morgan fingerprint density at radius 2 is 2.16 bits per heavy atom. The van der Waals surface area contributed by atoms with Gasteiger partial charge in [-0.3, -0.25) is 0 Å². The minimum atomic E-state index is 0.00312. The highest BCUT2D eigenvalue weighted by Crippen LogP contribution is 2.29. The smallest absolute Gasteiger partial charge is 0.150 e. The number of benzene rings is 1. The van der Waals surface area contributed by atoms with E-state index in [0.29, 0.717) is 5.88 Å². The first-order valence-corrected chi connectivity index (χ1v) is 7.79. The maximum atomic E-state index is 6.10. The lowest BCUT2D eigenvalue weighted by atomic mass is 10.1. The summed E-state index contributed by atoms with van der Waals surface area (Å²) in [7, 11) is 0. The van der Waals surface area contributed by atoms with Crippen LogP contribution >= 0.6 is 22.9 Å². The molecule has 1 unspecified atom stereocenters. The average Bonchev–Trinajstić information content (AvgIpc) is 2.86. The first-order valence-electron chi connectivity index (χ1n) is 6.38. The highest BCUT2D eigenvalue weighted by atomic mass is 35.5. The van der Waals surface area contributed by atoms with E-state index >= 15 is 0 Å². The van der Waals surface area contributed by atoms with Crippen LogP contribution in [0.15, 0.2) is 23.6 Å². The van der Waals surface area contributed by atoms with Crippen LogP contribution in [-0.2, 0) is 5.88 Å². The van der Waals surface area contributed by atoms with Crippen LogP contribution in [0.3, 0.4) is 0 Å². The molecule has 102 valence electrons. The van der Waals surface area contributed by atoms with Crippen LogP contribution in [-0.4, -0.2) is 4.98 Å². The summed E-state index contributed by atoms with van der Waals surface area (Å²) in [5.41, 5.74) is 3.33. The quantitative estimate of drug-likeness (QED) is 0.722. The van der Waals surface area contributed by atoms with Crippen molar-refractivity contribution in [1.82, 2.24) is 4.98 Å².